The zero-order valence-electron chi connectivity index (χ0n) is 12.2. The van der Waals surface area contributed by atoms with E-state index in [4.69, 9.17) is 9.47 Å². The number of methoxy groups -OCH3 is 2. The number of halogens is 1. The topological polar surface area (TPSA) is 50.7 Å². The Morgan fingerprint density at radius 3 is 2.52 bits per heavy atom. The van der Waals surface area contributed by atoms with E-state index in [-0.39, 0.29) is 11.8 Å². The third-order valence-electron chi connectivity index (χ3n) is 3.24. The van der Waals surface area contributed by atoms with Gasteiger partial charge in [-0.15, -0.1) is 0 Å². The first-order chi connectivity index (χ1) is 10.0. The summed E-state index contributed by atoms with van der Waals surface area (Å²) in [6, 6.07) is 10.9. The SMILES string of the molecule is COc1ccc(O)c(C(C)Nc2ccc(Br)c(OC)c2)c1. The summed E-state index contributed by atoms with van der Waals surface area (Å²) in [4.78, 5) is 0. The molecule has 0 heterocycles. The molecule has 0 aliphatic carbocycles. The molecular weight excluding hydrogens is 334 g/mol. The molecule has 2 rings (SSSR count). The average Bonchev–Trinajstić information content (AvgIpc) is 2.49. The molecule has 2 aromatic rings. The van der Waals surface area contributed by atoms with E-state index in [0.29, 0.717) is 5.75 Å². The molecule has 0 spiro atoms. The van der Waals surface area contributed by atoms with Crippen LogP contribution >= 0.6 is 15.9 Å². The van der Waals surface area contributed by atoms with Gasteiger partial charge in [0.25, 0.3) is 0 Å². The molecule has 0 aliphatic rings. The first-order valence-electron chi connectivity index (χ1n) is 6.52. The number of nitrogens with one attached hydrogen (secondary N) is 1. The van der Waals surface area contributed by atoms with Crippen LogP contribution in [0.3, 0.4) is 0 Å². The Kier molecular flexibility index (Phi) is 4.96. The van der Waals surface area contributed by atoms with Gasteiger partial charge in [-0.2, -0.15) is 0 Å². The zero-order valence-corrected chi connectivity index (χ0v) is 13.8. The first-order valence-corrected chi connectivity index (χ1v) is 7.31. The fraction of sp³-hybridized carbons (Fsp3) is 0.250. The van der Waals surface area contributed by atoms with Gasteiger partial charge in [0.05, 0.1) is 24.7 Å². The molecule has 0 amide bonds. The number of rotatable bonds is 5. The van der Waals surface area contributed by atoms with Gasteiger partial charge in [0.1, 0.15) is 17.2 Å². The van der Waals surface area contributed by atoms with Crippen molar-refractivity contribution in [1.82, 2.24) is 0 Å². The normalized spacial score (nSPS) is 11.8. The van der Waals surface area contributed by atoms with Crippen molar-refractivity contribution in [3.63, 3.8) is 0 Å². The van der Waals surface area contributed by atoms with E-state index in [1.54, 1.807) is 26.4 Å². The average molecular weight is 352 g/mol. The number of phenols is 1. The zero-order chi connectivity index (χ0) is 15.4. The highest BCUT2D eigenvalue weighted by atomic mass is 79.9. The van der Waals surface area contributed by atoms with Crippen molar-refractivity contribution >= 4 is 21.6 Å². The largest absolute Gasteiger partial charge is 0.508 e. The van der Waals surface area contributed by atoms with Crippen molar-refractivity contribution in [2.75, 3.05) is 19.5 Å². The number of phenolic OH excluding ortho intramolecular Hbond substituents is 1. The number of aromatic hydroxyl groups is 1. The molecule has 0 fully saturated rings. The molecule has 5 heteroatoms. The molecule has 1 atom stereocenters. The van der Waals surface area contributed by atoms with Crippen LogP contribution < -0.4 is 14.8 Å². The lowest BCUT2D eigenvalue weighted by molar-refractivity contribution is 0.410. The van der Waals surface area contributed by atoms with Crippen molar-refractivity contribution in [3.05, 3.63) is 46.4 Å². The summed E-state index contributed by atoms with van der Waals surface area (Å²) in [5, 5.41) is 13.3. The lowest BCUT2D eigenvalue weighted by atomic mass is 10.1. The van der Waals surface area contributed by atoms with Gasteiger partial charge >= 0.3 is 0 Å². The number of hydrogen-bond acceptors (Lipinski definition) is 4. The lowest BCUT2D eigenvalue weighted by Crippen LogP contribution is -2.07. The minimum Gasteiger partial charge on any atom is -0.508 e. The molecule has 0 aliphatic heterocycles. The van der Waals surface area contributed by atoms with Gasteiger partial charge in [0.15, 0.2) is 0 Å². The second kappa shape index (κ2) is 6.72. The number of ether oxygens (including phenoxy) is 2. The molecule has 0 aromatic heterocycles. The summed E-state index contributed by atoms with van der Waals surface area (Å²) in [5.41, 5.74) is 1.68. The molecule has 1 unspecified atom stereocenters. The number of anilines is 1. The van der Waals surface area contributed by atoms with E-state index >= 15 is 0 Å². The van der Waals surface area contributed by atoms with Crippen molar-refractivity contribution < 1.29 is 14.6 Å². The fourth-order valence-electron chi connectivity index (χ4n) is 2.08. The van der Waals surface area contributed by atoms with Gasteiger partial charge in [-0.05, 0) is 53.2 Å². The predicted molar refractivity (Wildman–Crippen MR) is 87.4 cm³/mol. The van der Waals surface area contributed by atoms with Crippen LogP contribution in [0.25, 0.3) is 0 Å². The van der Waals surface area contributed by atoms with E-state index in [0.717, 1.165) is 21.5 Å². The van der Waals surface area contributed by atoms with Crippen molar-refractivity contribution in [3.8, 4) is 17.2 Å². The number of benzene rings is 2. The number of hydrogen-bond donors (Lipinski definition) is 2. The lowest BCUT2D eigenvalue weighted by Gasteiger charge is -2.18. The third-order valence-corrected chi connectivity index (χ3v) is 3.89. The van der Waals surface area contributed by atoms with Gasteiger partial charge in [-0.1, -0.05) is 0 Å². The van der Waals surface area contributed by atoms with Crippen molar-refractivity contribution in [2.24, 2.45) is 0 Å². The molecule has 2 N–H and O–H groups in total. The summed E-state index contributed by atoms with van der Waals surface area (Å²) < 4.78 is 11.4. The van der Waals surface area contributed by atoms with Crippen LogP contribution in [-0.2, 0) is 0 Å². The van der Waals surface area contributed by atoms with Gasteiger partial charge in [-0.3, -0.25) is 0 Å². The molecule has 0 bridgehead atoms. The summed E-state index contributed by atoms with van der Waals surface area (Å²) in [5.74, 6) is 1.70. The van der Waals surface area contributed by atoms with Gasteiger partial charge in [0.2, 0.25) is 0 Å². The molecule has 0 saturated heterocycles. The minimum absolute atomic E-state index is 0.0778. The maximum Gasteiger partial charge on any atom is 0.135 e. The van der Waals surface area contributed by atoms with Crippen LogP contribution in [0.1, 0.15) is 18.5 Å². The molecule has 112 valence electrons. The minimum atomic E-state index is -0.0778. The standard InChI is InChI=1S/C16H18BrNO3/c1-10(13-9-12(20-2)5-7-15(13)19)18-11-4-6-14(17)16(8-11)21-3/h4-10,18-19H,1-3H3. The highest BCUT2D eigenvalue weighted by molar-refractivity contribution is 9.10. The summed E-state index contributed by atoms with van der Waals surface area (Å²) in [7, 11) is 3.23. The smallest absolute Gasteiger partial charge is 0.135 e. The van der Waals surface area contributed by atoms with Crippen LogP contribution in [-0.4, -0.2) is 19.3 Å². The molecule has 4 nitrogen and oxygen atoms in total. The van der Waals surface area contributed by atoms with Crippen LogP contribution in [0, 0.1) is 0 Å². The second-order valence-corrected chi connectivity index (χ2v) is 5.49. The van der Waals surface area contributed by atoms with E-state index in [1.807, 2.05) is 31.2 Å². The van der Waals surface area contributed by atoms with Gasteiger partial charge in [0, 0.05) is 17.3 Å². The third kappa shape index (κ3) is 3.61. The van der Waals surface area contributed by atoms with Crippen molar-refractivity contribution in [1.29, 1.82) is 0 Å². The van der Waals surface area contributed by atoms with E-state index in [1.165, 1.54) is 0 Å². The van der Waals surface area contributed by atoms with Crippen molar-refractivity contribution in [2.45, 2.75) is 13.0 Å². The van der Waals surface area contributed by atoms with E-state index in [2.05, 4.69) is 21.2 Å². The molecule has 21 heavy (non-hydrogen) atoms. The van der Waals surface area contributed by atoms with Gasteiger partial charge < -0.3 is 19.9 Å². The first kappa shape index (κ1) is 15.5. The Morgan fingerprint density at radius 1 is 1.10 bits per heavy atom. The quantitative estimate of drug-likeness (QED) is 0.840. The maximum atomic E-state index is 10.00. The van der Waals surface area contributed by atoms with Crippen LogP contribution in [0.2, 0.25) is 0 Å². The Balaban J connectivity index is 2.23. The highest BCUT2D eigenvalue weighted by Gasteiger charge is 2.12. The van der Waals surface area contributed by atoms with E-state index in [9.17, 15) is 5.11 Å². The second-order valence-electron chi connectivity index (χ2n) is 4.64. The van der Waals surface area contributed by atoms with E-state index < -0.39 is 0 Å². The van der Waals surface area contributed by atoms with Crippen LogP contribution in [0.15, 0.2) is 40.9 Å². The maximum absolute atomic E-state index is 10.00. The predicted octanol–water partition coefficient (Wildman–Crippen LogP) is 4.35. The van der Waals surface area contributed by atoms with Crippen LogP contribution in [0.5, 0.6) is 17.2 Å². The Hall–Kier alpha value is -1.88. The highest BCUT2D eigenvalue weighted by Crippen LogP contribution is 2.33. The van der Waals surface area contributed by atoms with Crippen LogP contribution in [0.4, 0.5) is 5.69 Å². The monoisotopic (exact) mass is 351 g/mol. The molecule has 0 radical (unpaired) electrons. The molecule has 2 aromatic carbocycles. The summed E-state index contributed by atoms with van der Waals surface area (Å²) in [6.07, 6.45) is 0. The summed E-state index contributed by atoms with van der Waals surface area (Å²) >= 11 is 3.42. The molecule has 0 saturated carbocycles. The fourth-order valence-corrected chi connectivity index (χ4v) is 2.49. The van der Waals surface area contributed by atoms with Gasteiger partial charge in [-0.25, -0.2) is 0 Å². The summed E-state index contributed by atoms with van der Waals surface area (Å²) in [6.45, 7) is 1.98. The Bertz CT molecular complexity index is 631. The molecular formula is C16H18BrNO3. The Morgan fingerprint density at radius 2 is 1.86 bits per heavy atom. The Labute approximate surface area is 132 Å².